The number of hydrogen-bond donors (Lipinski definition) is 2. The molecule has 0 aromatic heterocycles. The number of barbiturate groups is 1. The third-order valence-electron chi connectivity index (χ3n) is 8.46. The smallest absolute Gasteiger partial charge is 0.338 e. The summed E-state index contributed by atoms with van der Waals surface area (Å²) in [5.41, 5.74) is 1.29. The van der Waals surface area contributed by atoms with E-state index in [2.05, 4.69) is 5.32 Å². The summed E-state index contributed by atoms with van der Waals surface area (Å²) in [6, 6.07) is 13.1. The Bertz CT molecular complexity index is 2080. The van der Waals surface area contributed by atoms with Crippen molar-refractivity contribution in [2.24, 2.45) is 0 Å². The summed E-state index contributed by atoms with van der Waals surface area (Å²) < 4.78 is 60.9. The van der Waals surface area contributed by atoms with Crippen molar-refractivity contribution < 1.29 is 40.9 Å². The topological polar surface area (TPSA) is 144 Å². The fourth-order valence-electron chi connectivity index (χ4n) is 5.89. The molecule has 0 aliphatic carbocycles. The summed E-state index contributed by atoms with van der Waals surface area (Å²) in [6.45, 7) is 4.17. The number of nitrogens with one attached hydrogen (secondary N) is 1. The van der Waals surface area contributed by atoms with E-state index in [1.165, 1.54) is 60.7 Å². The minimum absolute atomic E-state index is 0.0348. The highest BCUT2D eigenvalue weighted by Crippen LogP contribution is 2.48. The van der Waals surface area contributed by atoms with Crippen LogP contribution in [0.15, 0.2) is 107 Å². The Morgan fingerprint density at radius 1 is 0.902 bits per heavy atom. The van der Waals surface area contributed by atoms with Crippen LogP contribution < -0.4 is 15.1 Å². The number of carbonyl (C=O) groups is 4. The zero-order valence-electron chi connectivity index (χ0n) is 27.5. The maximum Gasteiger partial charge on any atom is 0.338 e. The Labute approximate surface area is 298 Å². The van der Waals surface area contributed by atoms with Crippen LogP contribution in [-0.2, 0) is 36.5 Å². The molecular formula is C36H33ClF2N4O7S. The Hall–Kier alpha value is -5.18. The molecule has 2 aliphatic rings. The number of nitrogens with zero attached hydrogens (tertiary/aromatic N) is 3. The van der Waals surface area contributed by atoms with Crippen LogP contribution in [0.25, 0.3) is 0 Å². The lowest BCUT2D eigenvalue weighted by atomic mass is 9.83. The van der Waals surface area contributed by atoms with Crippen molar-refractivity contribution in [1.29, 1.82) is 0 Å². The van der Waals surface area contributed by atoms with Gasteiger partial charge in [0.1, 0.15) is 23.1 Å². The molecule has 15 heteroatoms. The molecule has 5 amide bonds. The first-order valence-electron chi connectivity index (χ1n) is 15.6. The highest BCUT2D eigenvalue weighted by Gasteiger charge is 2.43. The summed E-state index contributed by atoms with van der Waals surface area (Å²) in [4.78, 5) is 55.7. The Balaban J connectivity index is 1.50. The number of amides is 5. The number of anilines is 2. The molecule has 2 heterocycles. The van der Waals surface area contributed by atoms with Crippen LogP contribution >= 0.6 is 11.6 Å². The third-order valence-corrected chi connectivity index (χ3v) is 9.55. The largest absolute Gasteiger partial charge is 0.355 e. The summed E-state index contributed by atoms with van der Waals surface area (Å²) in [5, 5.41) is 2.70. The second kappa shape index (κ2) is 15.0. The van der Waals surface area contributed by atoms with Gasteiger partial charge < -0.3 is 10.2 Å². The van der Waals surface area contributed by atoms with Gasteiger partial charge in [-0.3, -0.25) is 23.8 Å². The van der Waals surface area contributed by atoms with Gasteiger partial charge in [-0.15, -0.1) is 11.6 Å². The standard InChI is InChI=1S/C36H33ClF2N4O7S/c1-36(2)29-20-27(51(48,49)50)16-17-30(29)41(19-5-18-40-32(44)21-37)31(36)7-4-3-6-28-33(45)42(22-23-8-10-24(38)11-9-23)35(47)43(34(28)46)26-14-12-25(39)13-15-26/h3-4,6-17,20H,5,18-19,21-22H2,1-2H3,(H,40,44)(H,48,49,50)/b4-3+,28-6+,31-7+. The van der Waals surface area contributed by atoms with Gasteiger partial charge in [0.15, 0.2) is 0 Å². The molecule has 2 aliphatic heterocycles. The van der Waals surface area contributed by atoms with Crippen LogP contribution in [0, 0.1) is 11.6 Å². The normalized spacial score (nSPS) is 17.6. The zero-order chi connectivity index (χ0) is 37.1. The van der Waals surface area contributed by atoms with E-state index >= 15 is 0 Å². The lowest BCUT2D eigenvalue weighted by Crippen LogP contribution is -2.56. The van der Waals surface area contributed by atoms with E-state index in [9.17, 15) is 40.9 Å². The van der Waals surface area contributed by atoms with Gasteiger partial charge in [-0.25, -0.2) is 18.5 Å². The number of allylic oxidation sites excluding steroid dienone is 5. The maximum atomic E-state index is 13.7. The number of rotatable bonds is 11. The quantitative estimate of drug-likeness (QED) is 0.0849. The van der Waals surface area contributed by atoms with E-state index in [-0.39, 0.29) is 34.5 Å². The fourth-order valence-corrected chi connectivity index (χ4v) is 6.49. The summed E-state index contributed by atoms with van der Waals surface area (Å²) in [7, 11) is -4.49. The number of alkyl halides is 1. The Morgan fingerprint density at radius 3 is 2.16 bits per heavy atom. The van der Waals surface area contributed by atoms with Gasteiger partial charge in [0.2, 0.25) is 5.91 Å². The van der Waals surface area contributed by atoms with E-state index < -0.39 is 45.0 Å². The summed E-state index contributed by atoms with van der Waals surface area (Å²) in [6.07, 6.45) is 6.47. The molecule has 0 saturated carbocycles. The molecule has 0 unspecified atom stereocenters. The first kappa shape index (κ1) is 37.1. The molecular weight excluding hydrogens is 706 g/mol. The molecule has 1 saturated heterocycles. The third kappa shape index (κ3) is 7.93. The van der Waals surface area contributed by atoms with Crippen LogP contribution in [0.5, 0.6) is 0 Å². The van der Waals surface area contributed by atoms with Gasteiger partial charge >= 0.3 is 6.03 Å². The number of fused-ring (bicyclic) bond motifs is 1. The predicted molar refractivity (Wildman–Crippen MR) is 187 cm³/mol. The fraction of sp³-hybridized carbons (Fsp3) is 0.222. The van der Waals surface area contributed by atoms with Gasteiger partial charge in [0, 0.05) is 29.9 Å². The van der Waals surface area contributed by atoms with Crippen LogP contribution in [0.2, 0.25) is 0 Å². The van der Waals surface area contributed by atoms with E-state index in [0.717, 1.165) is 21.9 Å². The van der Waals surface area contributed by atoms with Crippen molar-refractivity contribution in [2.45, 2.75) is 37.1 Å². The SMILES string of the molecule is CC1(C)\C(=C/C=C/C=C2\C(=O)N(Cc3ccc(F)cc3)C(=O)N(c3ccc(F)cc3)C2=O)N(CCCNC(=O)CCl)c2ccc(S(=O)(=O)O)cc21. The number of benzene rings is 3. The van der Waals surface area contributed by atoms with Gasteiger partial charge in [-0.2, -0.15) is 8.42 Å². The van der Waals surface area contributed by atoms with E-state index in [0.29, 0.717) is 42.0 Å². The molecule has 2 N–H and O–H groups in total. The molecule has 3 aromatic carbocycles. The summed E-state index contributed by atoms with van der Waals surface area (Å²) >= 11 is 5.58. The predicted octanol–water partition coefficient (Wildman–Crippen LogP) is 5.62. The van der Waals surface area contributed by atoms with Crippen LogP contribution in [0.4, 0.5) is 25.0 Å². The molecule has 3 aromatic rings. The van der Waals surface area contributed by atoms with Crippen LogP contribution in [0.3, 0.4) is 0 Å². The van der Waals surface area contributed by atoms with E-state index in [4.69, 9.17) is 11.6 Å². The van der Waals surface area contributed by atoms with Crippen molar-refractivity contribution in [3.05, 3.63) is 125 Å². The second-order valence-corrected chi connectivity index (χ2v) is 13.9. The van der Waals surface area contributed by atoms with Gasteiger partial charge in [0.05, 0.1) is 17.1 Å². The molecule has 266 valence electrons. The summed E-state index contributed by atoms with van der Waals surface area (Å²) in [5.74, 6) is -3.45. The molecule has 1 fully saturated rings. The minimum atomic E-state index is -4.49. The Morgan fingerprint density at radius 2 is 1.53 bits per heavy atom. The lowest BCUT2D eigenvalue weighted by molar-refractivity contribution is -0.129. The van der Waals surface area contributed by atoms with E-state index in [1.807, 2.05) is 18.7 Å². The molecule has 0 bridgehead atoms. The lowest BCUT2D eigenvalue weighted by Gasteiger charge is -2.34. The minimum Gasteiger partial charge on any atom is -0.355 e. The number of hydrogen-bond acceptors (Lipinski definition) is 7. The molecule has 51 heavy (non-hydrogen) atoms. The van der Waals surface area contributed by atoms with Crippen molar-refractivity contribution >= 4 is 56.8 Å². The average molecular weight is 739 g/mol. The van der Waals surface area contributed by atoms with Gasteiger partial charge in [-0.05, 0) is 84.3 Å². The molecule has 0 spiro atoms. The van der Waals surface area contributed by atoms with Crippen LogP contribution in [-0.4, -0.2) is 60.6 Å². The van der Waals surface area contributed by atoms with E-state index in [1.54, 1.807) is 18.2 Å². The first-order chi connectivity index (χ1) is 24.1. The van der Waals surface area contributed by atoms with Crippen molar-refractivity contribution in [3.63, 3.8) is 0 Å². The molecule has 0 atom stereocenters. The number of carbonyl (C=O) groups excluding carboxylic acids is 4. The maximum absolute atomic E-state index is 13.7. The number of imide groups is 2. The number of halogens is 3. The first-order valence-corrected chi connectivity index (χ1v) is 17.6. The molecule has 5 rings (SSSR count). The highest BCUT2D eigenvalue weighted by atomic mass is 35.5. The van der Waals surface area contributed by atoms with Crippen molar-refractivity contribution in [3.8, 4) is 0 Å². The molecule has 11 nitrogen and oxygen atoms in total. The van der Waals surface area contributed by atoms with Gasteiger partial charge in [-0.1, -0.05) is 38.1 Å². The van der Waals surface area contributed by atoms with Crippen molar-refractivity contribution in [1.82, 2.24) is 10.2 Å². The zero-order valence-corrected chi connectivity index (χ0v) is 29.0. The average Bonchev–Trinajstić information content (AvgIpc) is 3.30. The van der Waals surface area contributed by atoms with Gasteiger partial charge in [0.25, 0.3) is 21.9 Å². The molecule has 0 radical (unpaired) electrons. The number of urea groups is 1. The Kier molecular flexibility index (Phi) is 10.9. The van der Waals surface area contributed by atoms with Crippen molar-refractivity contribution in [2.75, 3.05) is 28.8 Å². The monoisotopic (exact) mass is 738 g/mol. The highest BCUT2D eigenvalue weighted by molar-refractivity contribution is 7.85. The second-order valence-electron chi connectivity index (χ2n) is 12.2. The van der Waals surface area contributed by atoms with Crippen LogP contribution in [0.1, 0.15) is 31.4 Å².